The maximum Gasteiger partial charge on any atom is 0.258 e. The van der Waals surface area contributed by atoms with Crippen LogP contribution in [-0.2, 0) is 20.4 Å². The molecule has 3 N–H and O–H groups in total. The number of nitrogens with zero attached hydrogens (tertiary/aromatic N) is 3. The Bertz CT molecular complexity index is 957. The first-order valence-corrected chi connectivity index (χ1v) is 9.83. The van der Waals surface area contributed by atoms with Crippen molar-refractivity contribution in [2.45, 2.75) is 29.7 Å². The largest absolute Gasteiger partial charge is 0.354 e. The van der Waals surface area contributed by atoms with E-state index in [9.17, 15) is 13.2 Å². The number of nitrogens with two attached hydrogens (primary N) is 1. The topological polar surface area (TPSA) is 131 Å². The maximum absolute atomic E-state index is 12.8. The lowest BCUT2D eigenvalue weighted by molar-refractivity contribution is -0.122. The van der Waals surface area contributed by atoms with Gasteiger partial charge in [0.15, 0.2) is 5.82 Å². The van der Waals surface area contributed by atoms with Crippen LogP contribution in [-0.4, -0.2) is 48.4 Å². The molecule has 1 saturated carbocycles. The van der Waals surface area contributed by atoms with Crippen molar-refractivity contribution in [1.82, 2.24) is 19.8 Å². The van der Waals surface area contributed by atoms with Crippen molar-refractivity contribution in [3.8, 4) is 11.5 Å². The minimum absolute atomic E-state index is 0. The second-order valence-corrected chi connectivity index (χ2v) is 8.59. The highest BCUT2D eigenvalue weighted by Crippen LogP contribution is 2.37. The average molecular weight is 414 g/mol. The van der Waals surface area contributed by atoms with Crippen molar-refractivity contribution in [1.29, 1.82) is 0 Å². The number of aromatic nitrogens is 2. The predicted octanol–water partition coefficient (Wildman–Crippen LogP) is 0.617. The van der Waals surface area contributed by atoms with Gasteiger partial charge in [0.2, 0.25) is 15.9 Å². The first-order chi connectivity index (χ1) is 12.4. The van der Waals surface area contributed by atoms with Gasteiger partial charge in [-0.25, -0.2) is 8.42 Å². The Labute approximate surface area is 162 Å². The van der Waals surface area contributed by atoms with Crippen LogP contribution in [0.4, 0.5) is 0 Å². The van der Waals surface area contributed by atoms with Gasteiger partial charge in [-0.1, -0.05) is 11.2 Å². The van der Waals surface area contributed by atoms with Gasteiger partial charge < -0.3 is 15.6 Å². The minimum Gasteiger partial charge on any atom is -0.354 e. The number of piperazine rings is 1. The lowest BCUT2D eigenvalue weighted by Crippen LogP contribution is -2.49. The summed E-state index contributed by atoms with van der Waals surface area (Å²) in [5.41, 5.74) is 6.15. The zero-order chi connectivity index (χ0) is 18.4. The molecule has 0 unspecified atom stereocenters. The van der Waals surface area contributed by atoms with Crippen molar-refractivity contribution in [2.75, 3.05) is 19.6 Å². The molecule has 0 bridgehead atoms. The molecule has 2 heterocycles. The van der Waals surface area contributed by atoms with Gasteiger partial charge in [0.25, 0.3) is 5.89 Å². The maximum atomic E-state index is 12.8. The molecule has 1 aromatic carbocycles. The molecule has 2 fully saturated rings. The molecule has 11 heteroatoms. The third-order valence-corrected chi connectivity index (χ3v) is 6.68. The first kappa shape index (κ1) is 19.7. The van der Waals surface area contributed by atoms with E-state index in [1.807, 2.05) is 0 Å². The number of carbonyl (C=O) groups is 1. The number of nitrogens with one attached hydrogen (secondary N) is 1. The fourth-order valence-electron chi connectivity index (χ4n) is 3.08. The van der Waals surface area contributed by atoms with E-state index in [0.717, 1.165) is 23.6 Å². The summed E-state index contributed by atoms with van der Waals surface area (Å²) in [4.78, 5) is 15.9. The van der Waals surface area contributed by atoms with Gasteiger partial charge in [-0.3, -0.25) is 4.79 Å². The quantitative estimate of drug-likeness (QED) is 0.750. The van der Waals surface area contributed by atoms with Gasteiger partial charge in [0, 0.05) is 18.7 Å². The van der Waals surface area contributed by atoms with E-state index in [0.29, 0.717) is 17.9 Å². The standard InChI is InChI=1S/C16H19N5O4S.ClH/c17-16(5-2-6-16)15-19-14(25-20-15)11-3-1-4-12(9-11)26(23,24)21-8-7-18-13(22)10-21;/h1,3-4,9H,2,5-8,10,17H2,(H,18,22);1H. The second-order valence-electron chi connectivity index (χ2n) is 6.65. The summed E-state index contributed by atoms with van der Waals surface area (Å²) in [6.45, 7) is 0.342. The summed E-state index contributed by atoms with van der Waals surface area (Å²) in [6.07, 6.45) is 2.63. The molecular formula is C16H20ClN5O4S. The smallest absolute Gasteiger partial charge is 0.258 e. The van der Waals surface area contributed by atoms with Gasteiger partial charge in [-0.2, -0.15) is 9.29 Å². The summed E-state index contributed by atoms with van der Waals surface area (Å²) in [5, 5.41) is 6.56. The number of amides is 1. The van der Waals surface area contributed by atoms with Crippen LogP contribution in [0, 0.1) is 0 Å². The SMILES string of the molecule is Cl.NC1(c2noc(-c3cccc(S(=O)(=O)N4CCNC(=O)C4)c3)n2)CCC1. The van der Waals surface area contributed by atoms with Crippen molar-refractivity contribution < 1.29 is 17.7 Å². The molecule has 1 saturated heterocycles. The summed E-state index contributed by atoms with van der Waals surface area (Å²) < 4.78 is 32.0. The Hall–Kier alpha value is -2.01. The van der Waals surface area contributed by atoms with Crippen molar-refractivity contribution >= 4 is 28.3 Å². The van der Waals surface area contributed by atoms with Crippen molar-refractivity contribution in [2.24, 2.45) is 5.73 Å². The molecule has 9 nitrogen and oxygen atoms in total. The number of benzene rings is 1. The number of hydrogen-bond acceptors (Lipinski definition) is 7. The van der Waals surface area contributed by atoms with E-state index in [-0.39, 0.29) is 42.2 Å². The molecule has 0 radical (unpaired) electrons. The normalized spacial score (nSPS) is 19.7. The van der Waals surface area contributed by atoms with E-state index < -0.39 is 15.6 Å². The number of halogens is 1. The summed E-state index contributed by atoms with van der Waals surface area (Å²) in [5.74, 6) is 0.358. The number of rotatable bonds is 4. The molecule has 2 aliphatic rings. The van der Waals surface area contributed by atoms with Crippen molar-refractivity contribution in [3.63, 3.8) is 0 Å². The Balaban J connectivity index is 0.00000210. The van der Waals surface area contributed by atoms with Crippen LogP contribution in [0.3, 0.4) is 0 Å². The number of hydrogen-bond donors (Lipinski definition) is 2. The van der Waals surface area contributed by atoms with Gasteiger partial charge in [0.05, 0.1) is 17.0 Å². The van der Waals surface area contributed by atoms with Crippen LogP contribution in [0.25, 0.3) is 11.5 Å². The number of carbonyl (C=O) groups excluding carboxylic acids is 1. The zero-order valence-electron chi connectivity index (χ0n) is 14.4. The molecule has 4 rings (SSSR count). The molecule has 0 atom stereocenters. The summed E-state index contributed by atoms with van der Waals surface area (Å²) in [7, 11) is -3.78. The van der Waals surface area contributed by atoms with E-state index in [4.69, 9.17) is 10.3 Å². The van der Waals surface area contributed by atoms with Crippen LogP contribution < -0.4 is 11.1 Å². The highest BCUT2D eigenvalue weighted by molar-refractivity contribution is 7.89. The van der Waals surface area contributed by atoms with Gasteiger partial charge in [-0.15, -0.1) is 12.4 Å². The van der Waals surface area contributed by atoms with Crippen LogP contribution >= 0.6 is 12.4 Å². The number of sulfonamides is 1. The van der Waals surface area contributed by atoms with Crippen molar-refractivity contribution in [3.05, 3.63) is 30.1 Å². The van der Waals surface area contributed by atoms with E-state index >= 15 is 0 Å². The third-order valence-electron chi connectivity index (χ3n) is 4.84. The van der Waals surface area contributed by atoms with Gasteiger partial charge in [-0.05, 0) is 37.5 Å². The summed E-state index contributed by atoms with van der Waals surface area (Å²) in [6, 6.07) is 6.27. The first-order valence-electron chi connectivity index (χ1n) is 8.39. The predicted molar refractivity (Wildman–Crippen MR) is 98.5 cm³/mol. The minimum atomic E-state index is -3.78. The molecule has 1 aliphatic carbocycles. The lowest BCUT2D eigenvalue weighted by Gasteiger charge is -2.34. The summed E-state index contributed by atoms with van der Waals surface area (Å²) >= 11 is 0. The fraction of sp³-hybridized carbons (Fsp3) is 0.438. The molecule has 146 valence electrons. The van der Waals surface area contributed by atoms with Crippen LogP contribution in [0.2, 0.25) is 0 Å². The van der Waals surface area contributed by atoms with E-state index in [2.05, 4.69) is 15.5 Å². The van der Waals surface area contributed by atoms with E-state index in [1.54, 1.807) is 12.1 Å². The van der Waals surface area contributed by atoms with Crippen LogP contribution in [0.15, 0.2) is 33.7 Å². The monoisotopic (exact) mass is 413 g/mol. The Morgan fingerprint density at radius 3 is 2.74 bits per heavy atom. The Kier molecular flexibility index (Phi) is 5.26. The van der Waals surface area contributed by atoms with Crippen LogP contribution in [0.5, 0.6) is 0 Å². The molecule has 2 aromatic rings. The lowest BCUT2D eigenvalue weighted by atomic mass is 9.77. The highest BCUT2D eigenvalue weighted by atomic mass is 35.5. The van der Waals surface area contributed by atoms with Crippen LogP contribution in [0.1, 0.15) is 25.1 Å². The molecule has 0 spiro atoms. The molecule has 1 amide bonds. The molecule has 1 aromatic heterocycles. The third kappa shape index (κ3) is 3.57. The molecule has 1 aliphatic heterocycles. The molecule has 27 heavy (non-hydrogen) atoms. The van der Waals surface area contributed by atoms with Gasteiger partial charge >= 0.3 is 0 Å². The van der Waals surface area contributed by atoms with Gasteiger partial charge in [0.1, 0.15) is 0 Å². The van der Waals surface area contributed by atoms with E-state index in [1.165, 1.54) is 12.1 Å². The zero-order valence-corrected chi connectivity index (χ0v) is 16.1. The average Bonchev–Trinajstić information content (AvgIpc) is 3.10. The second kappa shape index (κ2) is 7.19. The molecular weight excluding hydrogens is 394 g/mol. The Morgan fingerprint density at radius 2 is 2.07 bits per heavy atom. The Morgan fingerprint density at radius 1 is 1.30 bits per heavy atom. The fourth-order valence-corrected chi connectivity index (χ4v) is 4.53. The highest BCUT2D eigenvalue weighted by Gasteiger charge is 2.39.